The summed E-state index contributed by atoms with van der Waals surface area (Å²) in [5.41, 5.74) is 3.59. The van der Waals surface area contributed by atoms with Crippen molar-refractivity contribution in [1.29, 1.82) is 0 Å². The van der Waals surface area contributed by atoms with E-state index in [1.807, 2.05) is 34.5 Å². The minimum atomic E-state index is 0.0567. The molecular weight excluding hydrogens is 378 g/mol. The van der Waals surface area contributed by atoms with Crippen LogP contribution in [-0.4, -0.2) is 37.1 Å². The molecule has 1 amide bonds. The number of aromatic nitrogens is 4. The third-order valence-electron chi connectivity index (χ3n) is 5.03. The Labute approximate surface area is 164 Å². The van der Waals surface area contributed by atoms with Crippen LogP contribution in [0, 0.1) is 4.77 Å². The van der Waals surface area contributed by atoms with Crippen LogP contribution in [0.15, 0.2) is 41.8 Å². The maximum Gasteiger partial charge on any atom is 0.242 e. The van der Waals surface area contributed by atoms with E-state index in [1.165, 1.54) is 16.6 Å². The second-order valence-corrected chi connectivity index (χ2v) is 7.94. The average Bonchev–Trinajstić information content (AvgIpc) is 3.40. The van der Waals surface area contributed by atoms with E-state index in [-0.39, 0.29) is 12.5 Å². The van der Waals surface area contributed by atoms with Gasteiger partial charge >= 0.3 is 0 Å². The molecule has 0 saturated heterocycles. The Hall–Kier alpha value is -2.71. The van der Waals surface area contributed by atoms with Crippen LogP contribution in [0.2, 0.25) is 0 Å². The van der Waals surface area contributed by atoms with Crippen molar-refractivity contribution in [2.45, 2.75) is 19.5 Å². The zero-order valence-corrected chi connectivity index (χ0v) is 16.1. The number of thiophene rings is 1. The number of benzene rings is 1. The van der Waals surface area contributed by atoms with Crippen molar-refractivity contribution < 1.29 is 4.79 Å². The number of hydrogen-bond donors (Lipinski definition) is 2. The van der Waals surface area contributed by atoms with Crippen LogP contribution < -0.4 is 0 Å². The predicted octanol–water partition coefficient (Wildman–Crippen LogP) is 3.74. The number of aromatic amines is 2. The van der Waals surface area contributed by atoms with E-state index < -0.39 is 0 Å². The largest absolute Gasteiger partial charge is 0.358 e. The number of amides is 1. The number of fused-ring (bicyclic) bond motifs is 3. The van der Waals surface area contributed by atoms with E-state index in [0.29, 0.717) is 23.7 Å². The van der Waals surface area contributed by atoms with Crippen molar-refractivity contribution in [3.63, 3.8) is 0 Å². The standard InChI is InChI=1S/C19H17N5OS2/c25-17(11-24-18(21-22-19(24)26)16-6-3-9-27-16)23-8-7-15-13(10-23)12-4-1-2-5-14(12)20-15/h1-6,9,20H,7-8,10-11H2,(H,22,26). The van der Waals surface area contributed by atoms with Gasteiger partial charge in [-0.1, -0.05) is 24.3 Å². The maximum absolute atomic E-state index is 13.0. The highest BCUT2D eigenvalue weighted by Gasteiger charge is 2.25. The Balaban J connectivity index is 1.42. The molecule has 1 aliphatic rings. The van der Waals surface area contributed by atoms with Gasteiger partial charge in [0.15, 0.2) is 10.6 Å². The van der Waals surface area contributed by atoms with E-state index in [9.17, 15) is 4.79 Å². The van der Waals surface area contributed by atoms with Crippen molar-refractivity contribution in [3.05, 3.63) is 57.8 Å². The molecule has 0 atom stereocenters. The number of rotatable bonds is 3. The lowest BCUT2D eigenvalue weighted by atomic mass is 10.0. The highest BCUT2D eigenvalue weighted by atomic mass is 32.1. The quantitative estimate of drug-likeness (QED) is 0.519. The minimum Gasteiger partial charge on any atom is -0.358 e. The van der Waals surface area contributed by atoms with Crippen LogP contribution in [0.5, 0.6) is 0 Å². The lowest BCUT2D eigenvalue weighted by Crippen LogP contribution is -2.38. The summed E-state index contributed by atoms with van der Waals surface area (Å²) in [6.07, 6.45) is 0.838. The SMILES string of the molecule is O=C(Cn1c(-c2cccs2)n[nH]c1=S)N1CCc2[nH]c3ccccc3c2C1. The molecule has 4 aromatic rings. The lowest BCUT2D eigenvalue weighted by Gasteiger charge is -2.27. The predicted molar refractivity (Wildman–Crippen MR) is 108 cm³/mol. The van der Waals surface area contributed by atoms with Crippen molar-refractivity contribution in [2.24, 2.45) is 0 Å². The summed E-state index contributed by atoms with van der Waals surface area (Å²) in [6.45, 7) is 1.52. The molecule has 6 nitrogen and oxygen atoms in total. The molecule has 0 unspecified atom stereocenters. The zero-order valence-electron chi connectivity index (χ0n) is 14.4. The van der Waals surface area contributed by atoms with Gasteiger partial charge in [0.2, 0.25) is 5.91 Å². The smallest absolute Gasteiger partial charge is 0.242 e. The zero-order chi connectivity index (χ0) is 18.4. The number of H-pyrrole nitrogens is 2. The van der Waals surface area contributed by atoms with Gasteiger partial charge in [0.05, 0.1) is 4.88 Å². The third kappa shape index (κ3) is 2.81. The van der Waals surface area contributed by atoms with Gasteiger partial charge in [0, 0.05) is 41.7 Å². The monoisotopic (exact) mass is 395 g/mol. The van der Waals surface area contributed by atoms with Crippen LogP contribution >= 0.6 is 23.6 Å². The summed E-state index contributed by atoms with van der Waals surface area (Å²) < 4.78 is 2.25. The number of nitrogens with one attached hydrogen (secondary N) is 2. The van der Waals surface area contributed by atoms with Crippen LogP contribution in [0.4, 0.5) is 0 Å². The molecule has 8 heteroatoms. The molecule has 1 aromatic carbocycles. The summed E-state index contributed by atoms with van der Waals surface area (Å²) in [5.74, 6) is 0.773. The second-order valence-electron chi connectivity index (χ2n) is 6.61. The molecule has 0 saturated carbocycles. The van der Waals surface area contributed by atoms with Gasteiger partial charge < -0.3 is 9.88 Å². The first-order chi connectivity index (χ1) is 13.2. The summed E-state index contributed by atoms with van der Waals surface area (Å²) in [4.78, 5) is 19.4. The van der Waals surface area contributed by atoms with E-state index in [2.05, 4.69) is 27.3 Å². The molecule has 0 aliphatic carbocycles. The molecule has 4 heterocycles. The minimum absolute atomic E-state index is 0.0567. The summed E-state index contributed by atoms with van der Waals surface area (Å²) in [7, 11) is 0. The Bertz CT molecular complexity index is 1180. The Morgan fingerprint density at radius 3 is 3.00 bits per heavy atom. The van der Waals surface area contributed by atoms with Crippen molar-refractivity contribution >= 4 is 40.4 Å². The Kier molecular flexibility index (Phi) is 3.95. The van der Waals surface area contributed by atoms with Gasteiger partial charge in [-0.3, -0.25) is 14.5 Å². The molecule has 136 valence electrons. The second kappa shape index (κ2) is 6.47. The molecule has 27 heavy (non-hydrogen) atoms. The third-order valence-corrected chi connectivity index (χ3v) is 6.21. The van der Waals surface area contributed by atoms with E-state index >= 15 is 0 Å². The number of hydrogen-bond acceptors (Lipinski definition) is 4. The van der Waals surface area contributed by atoms with Gasteiger partial charge in [-0.05, 0) is 29.7 Å². The molecule has 0 fully saturated rings. The first kappa shape index (κ1) is 16.5. The fourth-order valence-electron chi connectivity index (χ4n) is 3.67. The normalized spacial score (nSPS) is 13.9. The molecule has 3 aromatic heterocycles. The highest BCUT2D eigenvalue weighted by Crippen LogP contribution is 2.28. The van der Waals surface area contributed by atoms with Crippen LogP contribution in [0.3, 0.4) is 0 Å². The lowest BCUT2D eigenvalue weighted by molar-refractivity contribution is -0.132. The Morgan fingerprint density at radius 1 is 1.26 bits per heavy atom. The summed E-state index contributed by atoms with van der Waals surface area (Å²) >= 11 is 6.93. The van der Waals surface area contributed by atoms with Crippen LogP contribution in [0.25, 0.3) is 21.6 Å². The van der Waals surface area contributed by atoms with E-state index in [0.717, 1.165) is 16.8 Å². The van der Waals surface area contributed by atoms with Gasteiger partial charge in [-0.15, -0.1) is 11.3 Å². The molecule has 0 radical (unpaired) electrons. The fraction of sp³-hybridized carbons (Fsp3) is 0.211. The first-order valence-electron chi connectivity index (χ1n) is 8.76. The van der Waals surface area contributed by atoms with E-state index in [1.54, 1.807) is 15.9 Å². The van der Waals surface area contributed by atoms with Gasteiger partial charge in [-0.25, -0.2) is 0 Å². The van der Waals surface area contributed by atoms with Crippen LogP contribution in [-0.2, 0) is 24.3 Å². The molecule has 5 rings (SSSR count). The molecule has 2 N–H and O–H groups in total. The van der Waals surface area contributed by atoms with Gasteiger partial charge in [0.25, 0.3) is 0 Å². The number of para-hydroxylation sites is 1. The van der Waals surface area contributed by atoms with Gasteiger partial charge in [-0.2, -0.15) is 5.10 Å². The number of carbonyl (C=O) groups is 1. The molecule has 0 spiro atoms. The molecule has 0 bridgehead atoms. The van der Waals surface area contributed by atoms with Crippen molar-refractivity contribution in [2.75, 3.05) is 6.54 Å². The molecule has 1 aliphatic heterocycles. The van der Waals surface area contributed by atoms with Crippen LogP contribution in [0.1, 0.15) is 11.3 Å². The van der Waals surface area contributed by atoms with Crippen molar-refractivity contribution in [3.8, 4) is 10.7 Å². The highest BCUT2D eigenvalue weighted by molar-refractivity contribution is 7.71. The maximum atomic E-state index is 13.0. The van der Waals surface area contributed by atoms with Crippen molar-refractivity contribution in [1.82, 2.24) is 24.6 Å². The topological polar surface area (TPSA) is 69.7 Å². The average molecular weight is 396 g/mol. The first-order valence-corrected chi connectivity index (χ1v) is 10.0. The fourth-order valence-corrected chi connectivity index (χ4v) is 4.59. The summed E-state index contributed by atoms with van der Waals surface area (Å²) in [6, 6.07) is 12.2. The number of nitrogens with zero attached hydrogens (tertiary/aromatic N) is 3. The van der Waals surface area contributed by atoms with E-state index in [4.69, 9.17) is 12.2 Å². The number of carbonyl (C=O) groups excluding carboxylic acids is 1. The summed E-state index contributed by atoms with van der Waals surface area (Å²) in [5, 5.41) is 10.3. The molecular formula is C19H17N5OS2. The Morgan fingerprint density at radius 2 is 2.15 bits per heavy atom. The van der Waals surface area contributed by atoms with Gasteiger partial charge in [0.1, 0.15) is 6.54 Å².